The van der Waals surface area contributed by atoms with Gasteiger partial charge in [0, 0.05) is 68.7 Å². The molecule has 1 saturated heterocycles. The van der Waals surface area contributed by atoms with Crippen molar-refractivity contribution in [1.29, 1.82) is 0 Å². The van der Waals surface area contributed by atoms with E-state index in [1.807, 2.05) is 6.07 Å². The van der Waals surface area contributed by atoms with E-state index >= 15 is 0 Å². The van der Waals surface area contributed by atoms with Gasteiger partial charge < -0.3 is 9.47 Å². The molecule has 1 amide bonds. The maximum absolute atomic E-state index is 13.6. The Morgan fingerprint density at radius 3 is 2.32 bits per heavy atom. The number of hydrogen-bond acceptors (Lipinski definition) is 2. The molecule has 1 aliphatic heterocycles. The van der Waals surface area contributed by atoms with Crippen LogP contribution in [0.3, 0.4) is 0 Å². The summed E-state index contributed by atoms with van der Waals surface area (Å²) in [6.07, 6.45) is 7.16. The molecule has 2 heterocycles. The van der Waals surface area contributed by atoms with Crippen molar-refractivity contribution in [2.24, 2.45) is 0 Å². The van der Waals surface area contributed by atoms with Crippen LogP contribution in [0.4, 0.5) is 0 Å². The minimum atomic E-state index is 0.0395. The van der Waals surface area contributed by atoms with Crippen LogP contribution in [0, 0.1) is 6.92 Å². The van der Waals surface area contributed by atoms with Gasteiger partial charge in [-0.15, -0.1) is 0 Å². The number of benzene rings is 3. The Morgan fingerprint density at radius 2 is 1.59 bits per heavy atom. The highest BCUT2D eigenvalue weighted by Gasteiger charge is 2.27. The number of amides is 1. The van der Waals surface area contributed by atoms with Gasteiger partial charge >= 0.3 is 0 Å². The Balaban J connectivity index is 1.29. The molecule has 0 bridgehead atoms. The summed E-state index contributed by atoms with van der Waals surface area (Å²) in [4.78, 5) is 18.1. The lowest BCUT2D eigenvalue weighted by Gasteiger charge is -2.35. The number of hydrogen-bond donors (Lipinski definition) is 0. The molecular weight excluding hydrogens is 454 g/mol. The van der Waals surface area contributed by atoms with Crippen LogP contribution in [0.5, 0.6) is 0 Å². The Labute approximate surface area is 220 Å². The van der Waals surface area contributed by atoms with E-state index in [4.69, 9.17) is 0 Å². The summed E-state index contributed by atoms with van der Waals surface area (Å²) in [5.41, 5.74) is 6.16. The highest BCUT2D eigenvalue weighted by molar-refractivity contribution is 5.86. The highest BCUT2D eigenvalue weighted by atomic mass is 16.2. The summed E-state index contributed by atoms with van der Waals surface area (Å²) in [5, 5.41) is 1.25. The van der Waals surface area contributed by atoms with Crippen molar-refractivity contribution in [1.82, 2.24) is 14.4 Å². The number of rotatable bonds is 8. The molecule has 1 fully saturated rings. The second kappa shape index (κ2) is 11.6. The van der Waals surface area contributed by atoms with Crippen LogP contribution in [0.2, 0.25) is 0 Å². The van der Waals surface area contributed by atoms with Crippen molar-refractivity contribution >= 4 is 22.9 Å². The molecule has 1 aromatic heterocycles. The average molecular weight is 492 g/mol. The second-order valence-electron chi connectivity index (χ2n) is 10.0. The molecule has 0 saturated carbocycles. The van der Waals surface area contributed by atoms with Crippen LogP contribution >= 0.6 is 0 Å². The van der Waals surface area contributed by atoms with E-state index in [2.05, 4.69) is 119 Å². The van der Waals surface area contributed by atoms with Gasteiger partial charge in [-0.2, -0.15) is 0 Å². The Bertz CT molecular complexity index is 1350. The number of aromatic nitrogens is 1. The Hall–Kier alpha value is -3.63. The molecule has 37 heavy (non-hydrogen) atoms. The first-order valence-electron chi connectivity index (χ1n) is 13.5. The number of nitrogens with zero attached hydrogens (tertiary/aromatic N) is 3. The van der Waals surface area contributed by atoms with Gasteiger partial charge in [0.1, 0.15) is 0 Å². The maximum atomic E-state index is 13.6. The molecule has 0 spiro atoms. The largest absolute Gasteiger partial charge is 0.347 e. The smallest absolute Gasteiger partial charge is 0.223 e. The number of carbonyl (C=O) groups excluding carboxylic acids is 1. The molecule has 1 unspecified atom stereocenters. The van der Waals surface area contributed by atoms with E-state index in [0.29, 0.717) is 6.42 Å². The fourth-order valence-corrected chi connectivity index (χ4v) is 5.41. The minimum absolute atomic E-state index is 0.0395. The number of piperazine rings is 1. The molecule has 4 heteroatoms. The van der Waals surface area contributed by atoms with E-state index < -0.39 is 0 Å². The predicted molar refractivity (Wildman–Crippen MR) is 154 cm³/mol. The van der Waals surface area contributed by atoms with Gasteiger partial charge in [-0.05, 0) is 36.6 Å². The van der Waals surface area contributed by atoms with Crippen LogP contribution in [0.25, 0.3) is 17.0 Å². The average Bonchev–Trinajstić information content (AvgIpc) is 3.32. The van der Waals surface area contributed by atoms with Gasteiger partial charge in [0.15, 0.2) is 0 Å². The van der Waals surface area contributed by atoms with Gasteiger partial charge in [-0.25, -0.2) is 0 Å². The molecule has 5 rings (SSSR count). The minimum Gasteiger partial charge on any atom is -0.347 e. The standard InChI is InChI=1S/C33H37N3O/c1-3-35-25-31(29-13-7-8-14-32(29)35)30(28-17-15-26(2)16-18-28)24-33(37)36-22-20-34(21-23-36)19-9-12-27-10-5-4-6-11-27/h4-18,25,30H,3,19-24H2,1-2H3. The van der Waals surface area contributed by atoms with E-state index in [-0.39, 0.29) is 11.8 Å². The predicted octanol–water partition coefficient (Wildman–Crippen LogP) is 6.35. The van der Waals surface area contributed by atoms with Gasteiger partial charge in [0.05, 0.1) is 0 Å². The number of para-hydroxylation sites is 1. The third kappa shape index (κ3) is 5.86. The quantitative estimate of drug-likeness (QED) is 0.287. The summed E-state index contributed by atoms with van der Waals surface area (Å²) < 4.78 is 2.30. The zero-order chi connectivity index (χ0) is 25.6. The third-order valence-electron chi connectivity index (χ3n) is 7.59. The van der Waals surface area contributed by atoms with Gasteiger partial charge in [-0.1, -0.05) is 90.5 Å². The summed E-state index contributed by atoms with van der Waals surface area (Å²) in [7, 11) is 0. The SMILES string of the molecule is CCn1cc(C(CC(=O)N2CCN(CC=Cc3ccccc3)CC2)c2ccc(C)cc2)c2ccccc21. The zero-order valence-corrected chi connectivity index (χ0v) is 22.0. The molecule has 0 aliphatic carbocycles. The third-order valence-corrected chi connectivity index (χ3v) is 7.59. The zero-order valence-electron chi connectivity index (χ0n) is 22.0. The summed E-state index contributed by atoms with van der Waals surface area (Å²) in [6, 6.07) is 27.7. The molecule has 3 aromatic carbocycles. The molecule has 0 N–H and O–H groups in total. The lowest BCUT2D eigenvalue weighted by molar-refractivity contribution is -0.133. The van der Waals surface area contributed by atoms with Crippen molar-refractivity contribution in [2.45, 2.75) is 32.7 Å². The molecule has 0 radical (unpaired) electrons. The summed E-state index contributed by atoms with van der Waals surface area (Å²) in [5.74, 6) is 0.288. The van der Waals surface area contributed by atoms with Gasteiger partial charge in [0.25, 0.3) is 0 Å². The summed E-state index contributed by atoms with van der Waals surface area (Å²) >= 11 is 0. The van der Waals surface area contributed by atoms with Crippen LogP contribution in [0.15, 0.2) is 91.1 Å². The first kappa shape index (κ1) is 25.0. The van der Waals surface area contributed by atoms with E-state index in [9.17, 15) is 4.79 Å². The van der Waals surface area contributed by atoms with Crippen LogP contribution < -0.4 is 0 Å². The van der Waals surface area contributed by atoms with Crippen molar-refractivity contribution in [3.63, 3.8) is 0 Å². The molecule has 4 aromatic rings. The van der Waals surface area contributed by atoms with Gasteiger partial charge in [0.2, 0.25) is 5.91 Å². The molecule has 4 nitrogen and oxygen atoms in total. The van der Waals surface area contributed by atoms with Crippen molar-refractivity contribution < 1.29 is 4.79 Å². The summed E-state index contributed by atoms with van der Waals surface area (Å²) in [6.45, 7) is 9.52. The molecular formula is C33H37N3O. The fraction of sp³-hybridized carbons (Fsp3) is 0.303. The van der Waals surface area contributed by atoms with E-state index in [1.165, 1.54) is 33.2 Å². The number of carbonyl (C=O) groups is 1. The van der Waals surface area contributed by atoms with Gasteiger partial charge in [-0.3, -0.25) is 9.69 Å². The fourth-order valence-electron chi connectivity index (χ4n) is 5.41. The normalized spacial score (nSPS) is 15.5. The Morgan fingerprint density at radius 1 is 0.892 bits per heavy atom. The van der Waals surface area contributed by atoms with Crippen molar-refractivity contribution in [3.8, 4) is 0 Å². The second-order valence-corrected chi connectivity index (χ2v) is 10.0. The molecule has 1 atom stereocenters. The monoisotopic (exact) mass is 491 g/mol. The lowest BCUT2D eigenvalue weighted by atomic mass is 9.87. The van der Waals surface area contributed by atoms with Crippen LogP contribution in [-0.2, 0) is 11.3 Å². The van der Waals surface area contributed by atoms with Crippen LogP contribution in [0.1, 0.15) is 41.5 Å². The van der Waals surface area contributed by atoms with E-state index in [1.54, 1.807) is 0 Å². The Kier molecular flexibility index (Phi) is 7.86. The maximum Gasteiger partial charge on any atom is 0.223 e. The van der Waals surface area contributed by atoms with Crippen LogP contribution in [-0.4, -0.2) is 53.0 Å². The van der Waals surface area contributed by atoms with E-state index in [0.717, 1.165) is 39.3 Å². The van der Waals surface area contributed by atoms with Crippen molar-refractivity contribution in [2.75, 3.05) is 32.7 Å². The van der Waals surface area contributed by atoms with Crippen molar-refractivity contribution in [3.05, 3.63) is 113 Å². The first-order valence-corrected chi connectivity index (χ1v) is 13.5. The lowest BCUT2D eigenvalue weighted by Crippen LogP contribution is -2.48. The number of aryl methyl sites for hydroxylation is 2. The number of fused-ring (bicyclic) bond motifs is 1. The topological polar surface area (TPSA) is 28.5 Å². The highest BCUT2D eigenvalue weighted by Crippen LogP contribution is 2.35. The molecule has 1 aliphatic rings. The first-order chi connectivity index (χ1) is 18.1. The molecule has 190 valence electrons.